The largest absolute Gasteiger partial charge is 0.390 e. The summed E-state index contributed by atoms with van der Waals surface area (Å²) < 4.78 is 4.72. The summed E-state index contributed by atoms with van der Waals surface area (Å²) in [6, 6.07) is 0. The van der Waals surface area contributed by atoms with Gasteiger partial charge in [0.05, 0.1) is 12.7 Å². The van der Waals surface area contributed by atoms with Crippen LogP contribution < -0.4 is 0 Å². The van der Waals surface area contributed by atoms with Gasteiger partial charge in [0.2, 0.25) is 0 Å². The molecule has 0 aromatic carbocycles. The Morgan fingerprint density at radius 3 is 2.30 bits per heavy atom. The van der Waals surface area contributed by atoms with Gasteiger partial charge in [-0.3, -0.25) is 0 Å². The average molecular weight is 148 g/mol. The van der Waals surface area contributed by atoms with E-state index >= 15 is 0 Å². The first-order valence-corrected chi connectivity index (χ1v) is 3.28. The van der Waals surface area contributed by atoms with Crippen molar-refractivity contribution in [3.8, 4) is 0 Å². The van der Waals surface area contributed by atoms with Gasteiger partial charge >= 0.3 is 0 Å². The first kappa shape index (κ1) is 7.94. The van der Waals surface area contributed by atoms with Crippen LogP contribution in [-0.4, -0.2) is 40.4 Å². The van der Waals surface area contributed by atoms with Crippen molar-refractivity contribution in [3.05, 3.63) is 0 Å². The Hall–Kier alpha value is -0.160. The predicted molar refractivity (Wildman–Crippen MR) is 33.1 cm³/mol. The minimum Gasteiger partial charge on any atom is -0.390 e. The highest BCUT2D eigenvalue weighted by Crippen LogP contribution is 2.17. The van der Waals surface area contributed by atoms with Crippen molar-refractivity contribution in [2.75, 3.05) is 6.61 Å². The molecule has 4 heteroatoms. The molecule has 1 heterocycles. The zero-order valence-corrected chi connectivity index (χ0v) is 5.77. The fraction of sp³-hybridized carbons (Fsp3) is 1.00. The summed E-state index contributed by atoms with van der Waals surface area (Å²) in [5, 5.41) is 27.0. The molecular weight excluding hydrogens is 136 g/mol. The minimum atomic E-state index is -1.23. The first-order chi connectivity index (χ1) is 4.63. The van der Waals surface area contributed by atoms with Crippen LogP contribution in [0.1, 0.15) is 6.92 Å². The average Bonchev–Trinajstić information content (AvgIpc) is 1.93. The molecule has 3 N–H and O–H groups in total. The van der Waals surface area contributed by atoms with Crippen LogP contribution in [0.15, 0.2) is 0 Å². The van der Waals surface area contributed by atoms with E-state index in [1.165, 1.54) is 0 Å². The predicted octanol–water partition coefficient (Wildman–Crippen LogP) is -1.31. The monoisotopic (exact) mass is 148 g/mol. The summed E-state index contributed by atoms with van der Waals surface area (Å²) in [6.07, 6.45) is -3.27. The summed E-state index contributed by atoms with van der Waals surface area (Å²) in [5.74, 6) is -0.113. The lowest BCUT2D eigenvalue weighted by Crippen LogP contribution is -2.48. The molecule has 1 aliphatic heterocycles. The third kappa shape index (κ3) is 1.29. The molecule has 0 saturated carbocycles. The number of ether oxygens (including phenoxy) is 1. The van der Waals surface area contributed by atoms with E-state index in [-0.39, 0.29) is 5.92 Å². The van der Waals surface area contributed by atoms with Crippen molar-refractivity contribution in [2.24, 2.45) is 5.92 Å². The first-order valence-electron chi connectivity index (χ1n) is 3.28. The van der Waals surface area contributed by atoms with Crippen LogP contribution in [0.4, 0.5) is 0 Å². The second-order valence-corrected chi connectivity index (χ2v) is 2.68. The van der Waals surface area contributed by atoms with Gasteiger partial charge in [-0.05, 0) is 0 Å². The van der Waals surface area contributed by atoms with E-state index in [9.17, 15) is 0 Å². The molecule has 0 spiro atoms. The van der Waals surface area contributed by atoms with Crippen LogP contribution in [-0.2, 0) is 4.74 Å². The lowest BCUT2D eigenvalue weighted by Gasteiger charge is -2.32. The van der Waals surface area contributed by atoms with E-state index in [0.29, 0.717) is 6.61 Å². The summed E-state index contributed by atoms with van der Waals surface area (Å²) in [4.78, 5) is 0. The molecule has 1 fully saturated rings. The third-order valence-electron chi connectivity index (χ3n) is 1.75. The molecule has 4 nitrogen and oxygen atoms in total. The van der Waals surface area contributed by atoms with Crippen LogP contribution in [0.3, 0.4) is 0 Å². The van der Waals surface area contributed by atoms with Gasteiger partial charge in [-0.1, -0.05) is 6.92 Å². The van der Waals surface area contributed by atoms with Crippen LogP contribution in [0.2, 0.25) is 0 Å². The lowest BCUT2D eigenvalue weighted by molar-refractivity contribution is -0.236. The molecule has 0 radical (unpaired) electrons. The third-order valence-corrected chi connectivity index (χ3v) is 1.75. The number of hydrogen-bond acceptors (Lipinski definition) is 4. The Bertz CT molecular complexity index is 102. The van der Waals surface area contributed by atoms with Gasteiger partial charge in [-0.2, -0.15) is 0 Å². The van der Waals surface area contributed by atoms with E-state index in [1.54, 1.807) is 6.92 Å². The number of rotatable bonds is 0. The van der Waals surface area contributed by atoms with Crippen LogP contribution in [0.25, 0.3) is 0 Å². The molecule has 60 valence electrons. The lowest BCUT2D eigenvalue weighted by atomic mass is 9.98. The van der Waals surface area contributed by atoms with Gasteiger partial charge in [0.15, 0.2) is 6.29 Å². The summed E-state index contributed by atoms with van der Waals surface area (Å²) in [6.45, 7) is 2.04. The fourth-order valence-electron chi connectivity index (χ4n) is 0.953. The van der Waals surface area contributed by atoms with E-state index in [2.05, 4.69) is 0 Å². The molecule has 4 atom stereocenters. The Labute approximate surface area is 59.1 Å². The smallest absolute Gasteiger partial charge is 0.183 e. The standard InChI is InChI=1S/C6H12O4/c1-3-2-10-6(9)5(8)4(3)7/h3-9H,2H2,1H3. The van der Waals surface area contributed by atoms with Crippen LogP contribution >= 0.6 is 0 Å². The zero-order chi connectivity index (χ0) is 7.72. The Morgan fingerprint density at radius 2 is 1.80 bits per heavy atom. The van der Waals surface area contributed by atoms with Gasteiger partial charge in [0.25, 0.3) is 0 Å². The topological polar surface area (TPSA) is 69.9 Å². The highest BCUT2D eigenvalue weighted by atomic mass is 16.6. The van der Waals surface area contributed by atoms with E-state index in [1.807, 2.05) is 0 Å². The highest BCUT2D eigenvalue weighted by molar-refractivity contribution is 4.79. The van der Waals surface area contributed by atoms with Crippen molar-refractivity contribution >= 4 is 0 Å². The number of hydrogen-bond donors (Lipinski definition) is 3. The second kappa shape index (κ2) is 2.84. The van der Waals surface area contributed by atoms with Crippen LogP contribution in [0, 0.1) is 5.92 Å². The molecule has 1 rings (SSSR count). The molecule has 4 unspecified atom stereocenters. The number of aliphatic hydroxyl groups is 3. The maximum Gasteiger partial charge on any atom is 0.183 e. The SMILES string of the molecule is CC1COC(O)C(O)C1O. The highest BCUT2D eigenvalue weighted by Gasteiger charge is 2.34. The molecule has 0 aliphatic carbocycles. The van der Waals surface area contributed by atoms with Crippen molar-refractivity contribution in [3.63, 3.8) is 0 Å². The molecule has 0 aromatic heterocycles. The van der Waals surface area contributed by atoms with Gasteiger partial charge in [0.1, 0.15) is 6.10 Å². The normalized spacial score (nSPS) is 49.2. The maximum atomic E-state index is 9.13. The van der Waals surface area contributed by atoms with Crippen molar-refractivity contribution < 1.29 is 20.1 Å². The number of aliphatic hydroxyl groups excluding tert-OH is 3. The van der Waals surface area contributed by atoms with Crippen molar-refractivity contribution in [1.29, 1.82) is 0 Å². The molecule has 1 aliphatic rings. The van der Waals surface area contributed by atoms with Crippen LogP contribution in [0.5, 0.6) is 0 Å². The van der Waals surface area contributed by atoms with E-state index < -0.39 is 18.5 Å². The van der Waals surface area contributed by atoms with Gasteiger partial charge < -0.3 is 20.1 Å². The van der Waals surface area contributed by atoms with Gasteiger partial charge in [-0.25, -0.2) is 0 Å². The minimum absolute atomic E-state index is 0.113. The zero-order valence-electron chi connectivity index (χ0n) is 5.77. The molecule has 10 heavy (non-hydrogen) atoms. The summed E-state index contributed by atoms with van der Waals surface area (Å²) in [7, 11) is 0. The van der Waals surface area contributed by atoms with E-state index in [0.717, 1.165) is 0 Å². The molecule has 0 amide bonds. The summed E-state index contributed by atoms with van der Waals surface area (Å²) >= 11 is 0. The molecule has 0 aromatic rings. The molecule has 1 saturated heterocycles. The van der Waals surface area contributed by atoms with Crippen molar-refractivity contribution in [2.45, 2.75) is 25.4 Å². The van der Waals surface area contributed by atoms with Gasteiger partial charge in [-0.15, -0.1) is 0 Å². The quantitative estimate of drug-likeness (QED) is 0.399. The second-order valence-electron chi connectivity index (χ2n) is 2.68. The molecule has 0 bridgehead atoms. The maximum absolute atomic E-state index is 9.13. The van der Waals surface area contributed by atoms with Gasteiger partial charge in [0, 0.05) is 5.92 Å². The van der Waals surface area contributed by atoms with E-state index in [4.69, 9.17) is 20.1 Å². The fourth-order valence-corrected chi connectivity index (χ4v) is 0.953. The Balaban J connectivity index is 2.52. The molecular formula is C6H12O4. The Morgan fingerprint density at radius 1 is 1.20 bits per heavy atom. The van der Waals surface area contributed by atoms with Crippen molar-refractivity contribution in [1.82, 2.24) is 0 Å². The summed E-state index contributed by atoms with van der Waals surface area (Å²) in [5.41, 5.74) is 0. The Kier molecular flexibility index (Phi) is 2.25.